The van der Waals surface area contributed by atoms with E-state index >= 15 is 0 Å². The van der Waals surface area contributed by atoms with Gasteiger partial charge in [-0.3, -0.25) is 0 Å². The summed E-state index contributed by atoms with van der Waals surface area (Å²) >= 11 is 0. The van der Waals surface area contributed by atoms with Gasteiger partial charge in [0.05, 0.1) is 17.4 Å². The monoisotopic (exact) mass is 320 g/mol. The van der Waals surface area contributed by atoms with E-state index in [0.29, 0.717) is 24.5 Å². The molecular weight excluding hydrogens is 300 g/mol. The third-order valence-electron chi connectivity index (χ3n) is 3.98. The lowest BCUT2D eigenvalue weighted by Crippen LogP contribution is -2.27. The van der Waals surface area contributed by atoms with Crippen LogP contribution in [-0.2, 0) is 16.6 Å². The van der Waals surface area contributed by atoms with Gasteiger partial charge in [0.15, 0.2) is 0 Å². The molecule has 0 atom stereocenters. The molecule has 0 saturated carbocycles. The van der Waals surface area contributed by atoms with Crippen LogP contribution in [0, 0.1) is 0 Å². The molecule has 5 nitrogen and oxygen atoms in total. The Balaban J connectivity index is 1.74. The molecule has 1 aromatic carbocycles. The van der Waals surface area contributed by atoms with Crippen LogP contribution in [0.3, 0.4) is 0 Å². The molecule has 0 spiro atoms. The van der Waals surface area contributed by atoms with Crippen molar-refractivity contribution in [3.63, 3.8) is 0 Å². The SMILES string of the molecule is CN(Cc1ccoc1)c1ccc(S(=O)(=O)N2CCCC2)cc1. The summed E-state index contributed by atoms with van der Waals surface area (Å²) in [7, 11) is -1.36. The Kier molecular flexibility index (Phi) is 4.22. The number of rotatable bonds is 5. The third-order valence-corrected chi connectivity index (χ3v) is 5.89. The van der Waals surface area contributed by atoms with Crippen LogP contribution >= 0.6 is 0 Å². The molecule has 6 heteroatoms. The highest BCUT2D eigenvalue weighted by molar-refractivity contribution is 7.89. The van der Waals surface area contributed by atoms with Crippen molar-refractivity contribution >= 4 is 15.7 Å². The molecular formula is C16H20N2O3S. The number of nitrogens with zero attached hydrogens (tertiary/aromatic N) is 2. The van der Waals surface area contributed by atoms with Gasteiger partial charge in [0.1, 0.15) is 0 Å². The van der Waals surface area contributed by atoms with E-state index in [9.17, 15) is 8.42 Å². The molecule has 1 saturated heterocycles. The van der Waals surface area contributed by atoms with Crippen molar-refractivity contribution in [2.75, 3.05) is 25.0 Å². The summed E-state index contributed by atoms with van der Waals surface area (Å²) in [6, 6.07) is 9.00. The zero-order valence-electron chi connectivity index (χ0n) is 12.6. The van der Waals surface area contributed by atoms with E-state index in [1.54, 1.807) is 29.0 Å². The van der Waals surface area contributed by atoms with Crippen molar-refractivity contribution in [3.05, 3.63) is 48.4 Å². The van der Waals surface area contributed by atoms with Crippen LogP contribution in [0.25, 0.3) is 0 Å². The summed E-state index contributed by atoms with van der Waals surface area (Å²) in [5, 5.41) is 0. The van der Waals surface area contributed by atoms with E-state index in [4.69, 9.17) is 4.42 Å². The Morgan fingerprint density at radius 3 is 2.41 bits per heavy atom. The van der Waals surface area contributed by atoms with E-state index < -0.39 is 10.0 Å². The molecule has 118 valence electrons. The fourth-order valence-corrected chi connectivity index (χ4v) is 4.21. The van der Waals surface area contributed by atoms with Gasteiger partial charge in [0.25, 0.3) is 0 Å². The number of benzene rings is 1. The van der Waals surface area contributed by atoms with E-state index in [-0.39, 0.29) is 0 Å². The first kappa shape index (κ1) is 15.1. The molecule has 0 radical (unpaired) electrons. The summed E-state index contributed by atoms with van der Waals surface area (Å²) in [6.45, 7) is 1.98. The Morgan fingerprint density at radius 1 is 1.14 bits per heavy atom. The fraction of sp³-hybridized carbons (Fsp3) is 0.375. The number of anilines is 1. The zero-order chi connectivity index (χ0) is 15.6. The lowest BCUT2D eigenvalue weighted by atomic mass is 10.2. The highest BCUT2D eigenvalue weighted by atomic mass is 32.2. The highest BCUT2D eigenvalue weighted by Gasteiger charge is 2.26. The predicted molar refractivity (Wildman–Crippen MR) is 85.2 cm³/mol. The first-order valence-electron chi connectivity index (χ1n) is 7.40. The van der Waals surface area contributed by atoms with Crippen LogP contribution in [0.15, 0.2) is 52.2 Å². The van der Waals surface area contributed by atoms with E-state index in [1.807, 2.05) is 25.2 Å². The number of hydrogen-bond acceptors (Lipinski definition) is 4. The lowest BCUT2D eigenvalue weighted by molar-refractivity contribution is 0.477. The normalized spacial score (nSPS) is 16.0. The summed E-state index contributed by atoms with van der Waals surface area (Å²) in [5.74, 6) is 0. The van der Waals surface area contributed by atoms with E-state index in [2.05, 4.69) is 4.90 Å². The van der Waals surface area contributed by atoms with Crippen LogP contribution in [0.5, 0.6) is 0 Å². The second-order valence-electron chi connectivity index (χ2n) is 5.59. The van der Waals surface area contributed by atoms with Crippen molar-refractivity contribution in [1.29, 1.82) is 0 Å². The molecule has 22 heavy (non-hydrogen) atoms. The largest absolute Gasteiger partial charge is 0.472 e. The smallest absolute Gasteiger partial charge is 0.243 e. The average molecular weight is 320 g/mol. The van der Waals surface area contributed by atoms with Gasteiger partial charge >= 0.3 is 0 Å². The Bertz CT molecular complexity index is 702. The zero-order valence-corrected chi connectivity index (χ0v) is 13.4. The third kappa shape index (κ3) is 3.03. The average Bonchev–Trinajstić information content (AvgIpc) is 3.21. The molecule has 0 unspecified atom stereocenters. The predicted octanol–water partition coefficient (Wildman–Crippen LogP) is 2.70. The first-order chi connectivity index (χ1) is 10.6. The lowest BCUT2D eigenvalue weighted by Gasteiger charge is -2.20. The van der Waals surface area contributed by atoms with Crippen molar-refractivity contribution < 1.29 is 12.8 Å². The van der Waals surface area contributed by atoms with E-state index in [0.717, 1.165) is 24.1 Å². The highest BCUT2D eigenvalue weighted by Crippen LogP contribution is 2.23. The van der Waals surface area contributed by atoms with Gasteiger partial charge in [-0.25, -0.2) is 8.42 Å². The van der Waals surface area contributed by atoms with Gasteiger partial charge in [-0.2, -0.15) is 4.31 Å². The molecule has 0 aliphatic carbocycles. The van der Waals surface area contributed by atoms with Crippen LogP contribution in [-0.4, -0.2) is 32.9 Å². The maximum atomic E-state index is 12.5. The summed E-state index contributed by atoms with van der Waals surface area (Å²) < 4.78 is 31.6. The molecule has 2 heterocycles. The van der Waals surface area contributed by atoms with Crippen LogP contribution in [0.4, 0.5) is 5.69 Å². The molecule has 1 fully saturated rings. The minimum absolute atomic E-state index is 0.370. The van der Waals surface area contributed by atoms with Gasteiger partial charge in [0.2, 0.25) is 10.0 Å². The minimum Gasteiger partial charge on any atom is -0.472 e. The molecule has 0 amide bonds. The van der Waals surface area contributed by atoms with Crippen LogP contribution < -0.4 is 4.90 Å². The molecule has 1 aromatic heterocycles. The Labute approximate surface area is 131 Å². The van der Waals surface area contributed by atoms with Gasteiger partial charge in [-0.05, 0) is 43.2 Å². The molecule has 1 aliphatic rings. The minimum atomic E-state index is -3.33. The molecule has 3 rings (SSSR count). The molecule has 0 N–H and O–H groups in total. The topological polar surface area (TPSA) is 53.8 Å². The van der Waals surface area contributed by atoms with Crippen LogP contribution in [0.2, 0.25) is 0 Å². The van der Waals surface area contributed by atoms with Gasteiger partial charge in [-0.1, -0.05) is 0 Å². The first-order valence-corrected chi connectivity index (χ1v) is 8.84. The summed E-state index contributed by atoms with van der Waals surface area (Å²) in [6.07, 6.45) is 5.26. The number of hydrogen-bond donors (Lipinski definition) is 0. The van der Waals surface area contributed by atoms with Crippen molar-refractivity contribution in [1.82, 2.24) is 4.31 Å². The van der Waals surface area contributed by atoms with Gasteiger partial charge < -0.3 is 9.32 Å². The molecule has 2 aromatic rings. The van der Waals surface area contributed by atoms with E-state index in [1.165, 1.54) is 0 Å². The number of furan rings is 1. The van der Waals surface area contributed by atoms with Gasteiger partial charge in [-0.15, -0.1) is 0 Å². The Hall–Kier alpha value is -1.79. The maximum Gasteiger partial charge on any atom is 0.243 e. The molecule has 0 bridgehead atoms. The van der Waals surface area contributed by atoms with Crippen molar-refractivity contribution in [2.45, 2.75) is 24.3 Å². The fourth-order valence-electron chi connectivity index (χ4n) is 2.70. The van der Waals surface area contributed by atoms with Crippen molar-refractivity contribution in [2.24, 2.45) is 0 Å². The summed E-state index contributed by atoms with van der Waals surface area (Å²) in [4.78, 5) is 2.42. The quantitative estimate of drug-likeness (QED) is 0.850. The number of sulfonamides is 1. The second kappa shape index (κ2) is 6.14. The molecule has 1 aliphatic heterocycles. The maximum absolute atomic E-state index is 12.5. The van der Waals surface area contributed by atoms with Crippen molar-refractivity contribution in [3.8, 4) is 0 Å². The Morgan fingerprint density at radius 2 is 1.82 bits per heavy atom. The standard InChI is InChI=1S/C16H20N2O3S/c1-17(12-14-8-11-21-13-14)15-4-6-16(7-5-15)22(19,20)18-9-2-3-10-18/h4-8,11,13H,2-3,9-10,12H2,1H3. The summed E-state index contributed by atoms with van der Waals surface area (Å²) in [5.41, 5.74) is 2.05. The van der Waals surface area contributed by atoms with Crippen LogP contribution in [0.1, 0.15) is 18.4 Å². The van der Waals surface area contributed by atoms with Gasteiger partial charge in [0, 0.05) is 37.9 Å². The second-order valence-corrected chi connectivity index (χ2v) is 7.53.